The van der Waals surface area contributed by atoms with E-state index in [1.54, 1.807) is 0 Å². The lowest BCUT2D eigenvalue weighted by Crippen LogP contribution is -2.16. The molecular formula is C49H34N2. The third-order valence-electron chi connectivity index (χ3n) is 10.9. The van der Waals surface area contributed by atoms with Crippen molar-refractivity contribution in [2.75, 3.05) is 0 Å². The summed E-state index contributed by atoms with van der Waals surface area (Å²) in [4.78, 5) is 10.4. The number of nitrogens with zero attached hydrogens (tertiary/aromatic N) is 2. The number of hydrogen-bond donors (Lipinski definition) is 0. The smallest absolute Gasteiger partial charge is 0.160 e. The van der Waals surface area contributed by atoms with E-state index in [1.165, 1.54) is 65.7 Å². The molecule has 0 atom stereocenters. The van der Waals surface area contributed by atoms with Gasteiger partial charge in [0.15, 0.2) is 5.82 Å². The molecule has 0 amide bonds. The lowest BCUT2D eigenvalue weighted by Gasteiger charge is -2.25. The zero-order chi connectivity index (χ0) is 34.1. The lowest BCUT2D eigenvalue weighted by molar-refractivity contribution is 0.662. The predicted molar refractivity (Wildman–Crippen MR) is 214 cm³/mol. The van der Waals surface area contributed by atoms with Crippen LogP contribution in [0, 0.1) is 0 Å². The molecule has 240 valence electrons. The van der Waals surface area contributed by atoms with Gasteiger partial charge in [0.05, 0.1) is 11.4 Å². The molecule has 1 aliphatic carbocycles. The minimum absolute atomic E-state index is 0.157. The van der Waals surface area contributed by atoms with E-state index in [-0.39, 0.29) is 5.41 Å². The van der Waals surface area contributed by atoms with Crippen LogP contribution in [0.1, 0.15) is 25.0 Å². The Morgan fingerprint density at radius 1 is 0.392 bits per heavy atom. The van der Waals surface area contributed by atoms with Crippen LogP contribution < -0.4 is 0 Å². The molecule has 0 radical (unpaired) electrons. The van der Waals surface area contributed by atoms with Gasteiger partial charge in [0.25, 0.3) is 0 Å². The maximum Gasteiger partial charge on any atom is 0.160 e. The number of hydrogen-bond acceptors (Lipinski definition) is 2. The summed E-state index contributed by atoms with van der Waals surface area (Å²) in [6, 6.07) is 61.1. The highest BCUT2D eigenvalue weighted by atomic mass is 14.9. The van der Waals surface area contributed by atoms with E-state index in [9.17, 15) is 0 Å². The summed E-state index contributed by atoms with van der Waals surface area (Å²) in [6.45, 7) is 4.76. The summed E-state index contributed by atoms with van der Waals surface area (Å²) in [5.74, 6) is 0.719. The van der Waals surface area contributed by atoms with Crippen molar-refractivity contribution in [3.05, 3.63) is 181 Å². The van der Waals surface area contributed by atoms with Crippen molar-refractivity contribution < 1.29 is 0 Å². The van der Waals surface area contributed by atoms with E-state index < -0.39 is 0 Å². The highest BCUT2D eigenvalue weighted by molar-refractivity contribution is 6.09. The molecule has 10 rings (SSSR count). The molecular weight excluding hydrogens is 617 g/mol. The van der Waals surface area contributed by atoms with Gasteiger partial charge in [0.1, 0.15) is 0 Å². The van der Waals surface area contributed by atoms with Gasteiger partial charge in [-0.3, -0.25) is 0 Å². The van der Waals surface area contributed by atoms with Gasteiger partial charge in [0.2, 0.25) is 0 Å². The third-order valence-corrected chi connectivity index (χ3v) is 10.9. The van der Waals surface area contributed by atoms with E-state index in [0.717, 1.165) is 33.9 Å². The summed E-state index contributed by atoms with van der Waals surface area (Å²) < 4.78 is 0. The first-order valence-corrected chi connectivity index (χ1v) is 17.7. The van der Waals surface area contributed by atoms with Crippen molar-refractivity contribution >= 4 is 32.3 Å². The van der Waals surface area contributed by atoms with Gasteiger partial charge in [-0.2, -0.15) is 0 Å². The van der Waals surface area contributed by atoms with Crippen LogP contribution in [0.3, 0.4) is 0 Å². The molecule has 2 nitrogen and oxygen atoms in total. The fourth-order valence-corrected chi connectivity index (χ4v) is 8.52. The second-order valence-electron chi connectivity index (χ2n) is 14.1. The molecule has 0 N–H and O–H groups in total. The summed E-state index contributed by atoms with van der Waals surface area (Å²) in [6.07, 6.45) is 0. The van der Waals surface area contributed by atoms with Crippen molar-refractivity contribution in [3.63, 3.8) is 0 Å². The van der Waals surface area contributed by atoms with Crippen LogP contribution in [0.15, 0.2) is 170 Å². The largest absolute Gasteiger partial charge is 0.228 e. The third kappa shape index (κ3) is 4.57. The maximum absolute atomic E-state index is 5.26. The first kappa shape index (κ1) is 29.5. The summed E-state index contributed by atoms with van der Waals surface area (Å²) >= 11 is 0. The Kier molecular flexibility index (Phi) is 6.56. The minimum Gasteiger partial charge on any atom is -0.228 e. The molecule has 1 aliphatic rings. The average Bonchev–Trinajstić information content (AvgIpc) is 3.43. The summed E-state index contributed by atoms with van der Waals surface area (Å²) in [5.41, 5.74) is 12.9. The lowest BCUT2D eigenvalue weighted by atomic mass is 9.78. The Morgan fingerprint density at radius 3 is 1.69 bits per heavy atom. The molecule has 51 heavy (non-hydrogen) atoms. The van der Waals surface area contributed by atoms with Gasteiger partial charge in [-0.05, 0) is 71.8 Å². The monoisotopic (exact) mass is 650 g/mol. The molecule has 9 aromatic rings. The molecule has 0 saturated heterocycles. The first-order valence-electron chi connectivity index (χ1n) is 17.7. The van der Waals surface area contributed by atoms with E-state index in [0.29, 0.717) is 0 Å². The Morgan fingerprint density at radius 2 is 0.922 bits per heavy atom. The Bertz CT molecular complexity index is 2820. The Labute approximate surface area is 297 Å². The van der Waals surface area contributed by atoms with Crippen molar-refractivity contribution in [2.24, 2.45) is 0 Å². The van der Waals surface area contributed by atoms with Crippen molar-refractivity contribution in [2.45, 2.75) is 19.3 Å². The number of fused-ring (bicyclic) bond motifs is 7. The molecule has 0 bridgehead atoms. The minimum atomic E-state index is -0.157. The highest BCUT2D eigenvalue weighted by Crippen LogP contribution is 2.55. The number of aromatic nitrogens is 2. The second kappa shape index (κ2) is 11.3. The predicted octanol–water partition coefficient (Wildman–Crippen LogP) is 12.9. The molecule has 1 aromatic heterocycles. The standard InChI is InChI=1S/C49H34N2/c1-49(2)43-29-26-32-15-7-9-20-35(32)46(43)42-25-13-24-41(47(42)49)38-27-28-40(37-22-11-10-21-36(37)38)45-30-44(50-48(51-45)33-16-4-3-5-17-33)39-23-12-18-31-14-6-8-19-34(31)39/h3-30H,1-2H3. The zero-order valence-electron chi connectivity index (χ0n) is 28.6. The molecule has 0 spiro atoms. The number of rotatable bonds is 4. The Hall–Kier alpha value is -6.38. The molecule has 0 fully saturated rings. The van der Waals surface area contributed by atoms with Gasteiger partial charge >= 0.3 is 0 Å². The van der Waals surface area contributed by atoms with Gasteiger partial charge in [0, 0.05) is 22.1 Å². The summed E-state index contributed by atoms with van der Waals surface area (Å²) in [7, 11) is 0. The van der Waals surface area contributed by atoms with E-state index in [2.05, 4.69) is 166 Å². The van der Waals surface area contributed by atoms with Crippen LogP contribution in [0.4, 0.5) is 0 Å². The van der Waals surface area contributed by atoms with Gasteiger partial charge in [-0.25, -0.2) is 9.97 Å². The topological polar surface area (TPSA) is 25.8 Å². The fraction of sp³-hybridized carbons (Fsp3) is 0.0612. The van der Waals surface area contributed by atoms with Crippen LogP contribution in [0.25, 0.3) is 88.5 Å². The molecule has 1 heterocycles. The average molecular weight is 651 g/mol. The van der Waals surface area contributed by atoms with Crippen molar-refractivity contribution in [1.82, 2.24) is 9.97 Å². The van der Waals surface area contributed by atoms with Crippen molar-refractivity contribution in [1.29, 1.82) is 0 Å². The maximum atomic E-state index is 5.26. The molecule has 8 aromatic carbocycles. The van der Waals surface area contributed by atoms with Gasteiger partial charge in [-0.15, -0.1) is 0 Å². The van der Waals surface area contributed by atoms with Gasteiger partial charge < -0.3 is 0 Å². The molecule has 2 heteroatoms. The van der Waals surface area contributed by atoms with Crippen LogP contribution in [-0.4, -0.2) is 9.97 Å². The number of benzene rings is 8. The van der Waals surface area contributed by atoms with Crippen LogP contribution >= 0.6 is 0 Å². The molecule has 0 saturated carbocycles. The first-order chi connectivity index (χ1) is 25.1. The van der Waals surface area contributed by atoms with E-state index in [1.807, 2.05) is 18.2 Å². The zero-order valence-corrected chi connectivity index (χ0v) is 28.6. The second-order valence-corrected chi connectivity index (χ2v) is 14.1. The van der Waals surface area contributed by atoms with E-state index in [4.69, 9.17) is 9.97 Å². The van der Waals surface area contributed by atoms with Crippen LogP contribution in [0.2, 0.25) is 0 Å². The fourth-order valence-electron chi connectivity index (χ4n) is 8.52. The van der Waals surface area contributed by atoms with Crippen molar-refractivity contribution in [3.8, 4) is 56.2 Å². The molecule has 0 aliphatic heterocycles. The Balaban J connectivity index is 1.20. The quantitative estimate of drug-likeness (QED) is 0.189. The highest BCUT2D eigenvalue weighted by Gasteiger charge is 2.38. The SMILES string of the molecule is CC1(C)c2ccc3ccccc3c2-c2cccc(-c3ccc(-c4cc(-c5cccc6ccccc56)nc(-c5ccccc5)n4)c4ccccc34)c21. The molecule has 0 unspecified atom stereocenters. The van der Waals surface area contributed by atoms with Crippen LogP contribution in [-0.2, 0) is 5.41 Å². The van der Waals surface area contributed by atoms with Gasteiger partial charge in [-0.1, -0.05) is 178 Å². The normalized spacial score (nSPS) is 13.1. The van der Waals surface area contributed by atoms with E-state index >= 15 is 0 Å². The summed E-state index contributed by atoms with van der Waals surface area (Å²) in [5, 5.41) is 7.36. The van der Waals surface area contributed by atoms with Crippen LogP contribution in [0.5, 0.6) is 0 Å².